The van der Waals surface area contributed by atoms with E-state index in [9.17, 15) is 22.8 Å². The van der Waals surface area contributed by atoms with E-state index >= 15 is 0 Å². The van der Waals surface area contributed by atoms with Crippen molar-refractivity contribution in [1.82, 2.24) is 0 Å². The van der Waals surface area contributed by atoms with E-state index in [-0.39, 0.29) is 17.8 Å². The fourth-order valence-electron chi connectivity index (χ4n) is 1.66. The quantitative estimate of drug-likeness (QED) is 0.811. The number of carbonyl (C=O) groups is 2. The number of halogens is 3. The smallest absolute Gasteiger partial charge is 0.417 e. The van der Waals surface area contributed by atoms with Crippen LogP contribution in [0.1, 0.15) is 11.1 Å². The van der Waals surface area contributed by atoms with Gasteiger partial charge in [0.1, 0.15) is 0 Å². The molecule has 1 amide bonds. The van der Waals surface area contributed by atoms with Crippen LogP contribution in [0.5, 0.6) is 0 Å². The maximum Gasteiger partial charge on any atom is 0.417 e. The Kier molecular flexibility index (Phi) is 4.96. The van der Waals surface area contributed by atoms with Crippen LogP contribution in [-0.4, -0.2) is 30.6 Å². The standard InChI is InChI=1S/C13H13F3N2O3/c1-18(7-11(17)19)9-4-2-8(3-5-12(20)21)10(6-9)13(14,15)16/h2-6H,7H2,1H3,(H2,17,19)(H,20,21)/b5-3+. The van der Waals surface area contributed by atoms with Gasteiger partial charge in [-0.15, -0.1) is 0 Å². The van der Waals surface area contributed by atoms with Gasteiger partial charge in [0.2, 0.25) is 5.91 Å². The molecule has 0 spiro atoms. The molecule has 0 saturated heterocycles. The van der Waals surface area contributed by atoms with Crippen LogP contribution in [0.25, 0.3) is 6.08 Å². The summed E-state index contributed by atoms with van der Waals surface area (Å²) < 4.78 is 39.0. The van der Waals surface area contributed by atoms with E-state index < -0.39 is 23.6 Å². The van der Waals surface area contributed by atoms with Gasteiger partial charge in [-0.1, -0.05) is 6.07 Å². The number of benzene rings is 1. The Labute approximate surface area is 118 Å². The first kappa shape index (κ1) is 16.5. The lowest BCUT2D eigenvalue weighted by atomic mass is 10.0. The molecule has 0 bridgehead atoms. The van der Waals surface area contributed by atoms with Gasteiger partial charge in [-0.3, -0.25) is 4.79 Å². The number of hydrogen-bond acceptors (Lipinski definition) is 3. The second-order valence-electron chi connectivity index (χ2n) is 4.26. The number of carbonyl (C=O) groups excluding carboxylic acids is 1. The first-order valence-electron chi connectivity index (χ1n) is 5.73. The lowest BCUT2D eigenvalue weighted by molar-refractivity contribution is -0.137. The molecule has 0 saturated carbocycles. The van der Waals surface area contributed by atoms with Gasteiger partial charge in [-0.25, -0.2) is 4.79 Å². The molecule has 1 aromatic rings. The lowest BCUT2D eigenvalue weighted by Gasteiger charge is -2.20. The number of anilines is 1. The molecule has 5 nitrogen and oxygen atoms in total. The third kappa shape index (κ3) is 4.83. The molecule has 0 heterocycles. The Hall–Kier alpha value is -2.51. The largest absolute Gasteiger partial charge is 0.478 e. The number of alkyl halides is 3. The van der Waals surface area contributed by atoms with Crippen LogP contribution in [-0.2, 0) is 15.8 Å². The highest BCUT2D eigenvalue weighted by molar-refractivity contribution is 5.86. The first-order chi connectivity index (χ1) is 9.61. The van der Waals surface area contributed by atoms with Crippen LogP contribution in [0.4, 0.5) is 18.9 Å². The maximum atomic E-state index is 13.0. The third-order valence-electron chi connectivity index (χ3n) is 2.58. The molecular weight excluding hydrogens is 289 g/mol. The molecule has 0 atom stereocenters. The highest BCUT2D eigenvalue weighted by Crippen LogP contribution is 2.35. The molecule has 0 aromatic heterocycles. The molecule has 0 radical (unpaired) electrons. The van der Waals surface area contributed by atoms with E-state index in [2.05, 4.69) is 0 Å². The van der Waals surface area contributed by atoms with Crippen LogP contribution < -0.4 is 10.6 Å². The number of aliphatic carboxylic acids is 1. The van der Waals surface area contributed by atoms with Crippen molar-refractivity contribution in [2.75, 3.05) is 18.5 Å². The van der Waals surface area contributed by atoms with E-state index in [0.29, 0.717) is 6.08 Å². The molecule has 0 aliphatic heterocycles. The summed E-state index contributed by atoms with van der Waals surface area (Å²) in [5.41, 5.74) is 3.86. The zero-order chi connectivity index (χ0) is 16.2. The average Bonchev–Trinajstić information content (AvgIpc) is 2.34. The summed E-state index contributed by atoms with van der Waals surface area (Å²) in [7, 11) is 1.42. The molecular formula is C13H13F3N2O3. The Bertz CT molecular complexity index is 583. The van der Waals surface area contributed by atoms with E-state index in [0.717, 1.165) is 18.2 Å². The van der Waals surface area contributed by atoms with Gasteiger partial charge in [-0.2, -0.15) is 13.2 Å². The Morgan fingerprint density at radius 3 is 2.48 bits per heavy atom. The third-order valence-corrected chi connectivity index (χ3v) is 2.58. The molecule has 3 N–H and O–H groups in total. The van der Waals surface area contributed by atoms with E-state index in [4.69, 9.17) is 10.8 Å². The number of carboxylic acid groups (broad SMARTS) is 1. The summed E-state index contributed by atoms with van der Waals surface area (Å²) in [6.07, 6.45) is -3.16. The molecule has 1 aromatic carbocycles. The maximum absolute atomic E-state index is 13.0. The Morgan fingerprint density at radius 2 is 2.00 bits per heavy atom. The van der Waals surface area contributed by atoms with Crippen molar-refractivity contribution in [3.8, 4) is 0 Å². The zero-order valence-corrected chi connectivity index (χ0v) is 11.0. The minimum Gasteiger partial charge on any atom is -0.478 e. The van der Waals surface area contributed by atoms with Gasteiger partial charge in [0, 0.05) is 18.8 Å². The number of likely N-dealkylation sites (N-methyl/N-ethyl adjacent to an activating group) is 1. The summed E-state index contributed by atoms with van der Waals surface area (Å²) in [6, 6.07) is 3.32. The molecule has 0 aliphatic carbocycles. The van der Waals surface area contributed by atoms with Crippen molar-refractivity contribution in [3.05, 3.63) is 35.4 Å². The minimum atomic E-state index is -4.65. The molecule has 0 fully saturated rings. The predicted molar refractivity (Wildman–Crippen MR) is 70.6 cm³/mol. The fourth-order valence-corrected chi connectivity index (χ4v) is 1.66. The van der Waals surface area contributed by atoms with Crippen LogP contribution in [0.15, 0.2) is 24.3 Å². The van der Waals surface area contributed by atoms with Gasteiger partial charge >= 0.3 is 12.1 Å². The zero-order valence-electron chi connectivity index (χ0n) is 11.0. The SMILES string of the molecule is CN(CC(N)=O)c1ccc(/C=C/C(=O)O)c(C(F)(F)F)c1. The van der Waals surface area contributed by atoms with Crippen LogP contribution in [0.3, 0.4) is 0 Å². The molecule has 0 aliphatic rings. The molecule has 0 unspecified atom stereocenters. The van der Waals surface area contributed by atoms with Crippen molar-refractivity contribution >= 4 is 23.6 Å². The molecule has 8 heteroatoms. The number of nitrogens with two attached hydrogens (primary N) is 1. The van der Waals surface area contributed by atoms with Gasteiger partial charge in [0.25, 0.3) is 0 Å². The number of amides is 1. The molecule has 114 valence electrons. The molecule has 1 rings (SSSR count). The summed E-state index contributed by atoms with van der Waals surface area (Å²) in [4.78, 5) is 22.5. The van der Waals surface area contributed by atoms with E-state index in [1.807, 2.05) is 0 Å². The summed E-state index contributed by atoms with van der Waals surface area (Å²) in [6.45, 7) is -0.235. The van der Waals surface area contributed by atoms with Crippen molar-refractivity contribution < 1.29 is 27.9 Å². The van der Waals surface area contributed by atoms with Gasteiger partial charge in [0.15, 0.2) is 0 Å². The lowest BCUT2D eigenvalue weighted by Crippen LogP contribution is -2.30. The number of nitrogens with zero attached hydrogens (tertiary/aromatic N) is 1. The van der Waals surface area contributed by atoms with Crippen molar-refractivity contribution in [2.24, 2.45) is 5.73 Å². The summed E-state index contributed by atoms with van der Waals surface area (Å²) >= 11 is 0. The first-order valence-corrected chi connectivity index (χ1v) is 5.73. The average molecular weight is 302 g/mol. The second kappa shape index (κ2) is 6.29. The van der Waals surface area contributed by atoms with Crippen molar-refractivity contribution in [2.45, 2.75) is 6.18 Å². The number of rotatable bonds is 5. The normalized spacial score (nSPS) is 11.6. The van der Waals surface area contributed by atoms with E-state index in [1.54, 1.807) is 0 Å². The van der Waals surface area contributed by atoms with Gasteiger partial charge in [0.05, 0.1) is 12.1 Å². The van der Waals surface area contributed by atoms with Crippen LogP contribution in [0, 0.1) is 0 Å². The van der Waals surface area contributed by atoms with Crippen molar-refractivity contribution in [3.63, 3.8) is 0 Å². The van der Waals surface area contributed by atoms with E-state index in [1.165, 1.54) is 18.0 Å². The Morgan fingerprint density at radius 1 is 1.38 bits per heavy atom. The van der Waals surface area contributed by atoms with Gasteiger partial charge < -0.3 is 15.7 Å². The number of primary amides is 1. The van der Waals surface area contributed by atoms with Gasteiger partial charge in [-0.05, 0) is 23.8 Å². The summed E-state index contributed by atoms with van der Waals surface area (Å²) in [5.74, 6) is -2.03. The summed E-state index contributed by atoms with van der Waals surface area (Å²) in [5, 5.41) is 8.48. The topological polar surface area (TPSA) is 83.6 Å². The highest BCUT2D eigenvalue weighted by Gasteiger charge is 2.33. The molecule has 21 heavy (non-hydrogen) atoms. The highest BCUT2D eigenvalue weighted by atomic mass is 19.4. The number of hydrogen-bond donors (Lipinski definition) is 2. The minimum absolute atomic E-state index is 0.147. The fraction of sp³-hybridized carbons (Fsp3) is 0.231. The monoisotopic (exact) mass is 302 g/mol. The number of carboxylic acids is 1. The Balaban J connectivity index is 3.25. The van der Waals surface area contributed by atoms with Crippen molar-refractivity contribution in [1.29, 1.82) is 0 Å². The van der Waals surface area contributed by atoms with Crippen LogP contribution in [0.2, 0.25) is 0 Å². The second-order valence-corrected chi connectivity index (χ2v) is 4.26. The predicted octanol–water partition coefficient (Wildman–Crippen LogP) is 1.72. The van der Waals surface area contributed by atoms with Crippen LogP contribution >= 0.6 is 0 Å².